The number of H-pyrrole nitrogens is 1. The highest BCUT2D eigenvalue weighted by atomic mass is 32.3. The molecule has 1 nitrogen and oxygen atoms in total. The summed E-state index contributed by atoms with van der Waals surface area (Å²) in [5.74, 6) is 0. The van der Waals surface area contributed by atoms with Crippen LogP contribution in [0.1, 0.15) is 0 Å². The molecule has 0 aliphatic heterocycles. The fourth-order valence-corrected chi connectivity index (χ4v) is 2.92. The Morgan fingerprint density at radius 3 is 2.54 bits per heavy atom. The summed E-state index contributed by atoms with van der Waals surface area (Å²) in [5.41, 5.74) is 1.25. The van der Waals surface area contributed by atoms with Crippen molar-refractivity contribution >= 4 is 20.9 Å². The van der Waals surface area contributed by atoms with Gasteiger partial charge in [0.25, 0.3) is 0 Å². The van der Waals surface area contributed by atoms with Crippen molar-refractivity contribution in [3.8, 4) is 0 Å². The van der Waals surface area contributed by atoms with Gasteiger partial charge in [-0.2, -0.15) is 0 Å². The van der Waals surface area contributed by atoms with Crippen molar-refractivity contribution in [3.05, 3.63) is 30.5 Å². The number of benzene rings is 1. The molecule has 0 spiro atoms. The molecular formula is C11H15NS. The number of aromatic amines is 1. The molecule has 0 unspecified atom stereocenters. The lowest BCUT2D eigenvalue weighted by atomic mass is 10.2. The van der Waals surface area contributed by atoms with Crippen molar-refractivity contribution in [2.45, 2.75) is 4.90 Å². The first-order chi connectivity index (χ1) is 6.09. The average molecular weight is 193 g/mol. The highest BCUT2D eigenvalue weighted by molar-refractivity contribution is 8.32. The molecule has 0 aliphatic carbocycles. The minimum Gasteiger partial charge on any atom is -0.361 e. The van der Waals surface area contributed by atoms with E-state index in [0.717, 1.165) is 0 Å². The van der Waals surface area contributed by atoms with E-state index in [-0.39, 0.29) is 0 Å². The molecule has 13 heavy (non-hydrogen) atoms. The van der Waals surface area contributed by atoms with E-state index in [4.69, 9.17) is 0 Å². The van der Waals surface area contributed by atoms with Gasteiger partial charge in [0.05, 0.1) is 0 Å². The molecule has 0 fully saturated rings. The normalized spacial score (nSPS) is 13.5. The summed E-state index contributed by atoms with van der Waals surface area (Å²) in [7, 11) is -0.619. The number of aromatic nitrogens is 1. The van der Waals surface area contributed by atoms with Gasteiger partial charge in [-0.1, -0.05) is 6.07 Å². The monoisotopic (exact) mass is 193 g/mol. The topological polar surface area (TPSA) is 15.8 Å². The van der Waals surface area contributed by atoms with Crippen molar-refractivity contribution in [1.82, 2.24) is 4.98 Å². The quantitative estimate of drug-likeness (QED) is 0.715. The molecule has 0 bridgehead atoms. The summed E-state index contributed by atoms with van der Waals surface area (Å²) < 4.78 is 0. The summed E-state index contributed by atoms with van der Waals surface area (Å²) >= 11 is 0. The van der Waals surface area contributed by atoms with Gasteiger partial charge in [-0.3, -0.25) is 0 Å². The van der Waals surface area contributed by atoms with Gasteiger partial charge in [0.15, 0.2) is 0 Å². The van der Waals surface area contributed by atoms with Gasteiger partial charge in [0.2, 0.25) is 0 Å². The standard InChI is InChI=1S/C11H15NS/c1-13(2,3)11-6-4-5-10-9(11)7-8-12-10/h4-8,12H,1-3H3. The van der Waals surface area contributed by atoms with Crippen LogP contribution in [0.25, 0.3) is 10.9 Å². The second-order valence-corrected chi connectivity index (χ2v) is 8.15. The molecular weight excluding hydrogens is 178 g/mol. The van der Waals surface area contributed by atoms with Crippen molar-refractivity contribution in [1.29, 1.82) is 0 Å². The number of rotatable bonds is 1. The van der Waals surface area contributed by atoms with E-state index in [1.54, 1.807) is 0 Å². The smallest absolute Gasteiger partial charge is 0.0464 e. The third kappa shape index (κ3) is 1.46. The van der Waals surface area contributed by atoms with Crippen molar-refractivity contribution < 1.29 is 0 Å². The summed E-state index contributed by atoms with van der Waals surface area (Å²) in [6.07, 6.45) is 9.00. The van der Waals surface area contributed by atoms with Gasteiger partial charge < -0.3 is 4.98 Å². The number of nitrogens with one attached hydrogen (secondary N) is 1. The van der Waals surface area contributed by atoms with Crippen molar-refractivity contribution in [2.75, 3.05) is 18.8 Å². The molecule has 0 amide bonds. The van der Waals surface area contributed by atoms with E-state index in [2.05, 4.69) is 48.0 Å². The molecule has 1 aromatic heterocycles. The summed E-state index contributed by atoms with van der Waals surface area (Å²) in [6.45, 7) is 0. The maximum atomic E-state index is 3.25. The summed E-state index contributed by atoms with van der Waals surface area (Å²) in [6, 6.07) is 8.67. The number of fused-ring (bicyclic) bond motifs is 1. The summed E-state index contributed by atoms with van der Waals surface area (Å²) in [4.78, 5) is 4.74. The first-order valence-corrected chi connectivity index (χ1v) is 7.19. The van der Waals surface area contributed by atoms with E-state index >= 15 is 0 Å². The highest BCUT2D eigenvalue weighted by Gasteiger charge is 2.11. The molecule has 2 aromatic rings. The Kier molecular flexibility index (Phi) is 1.88. The SMILES string of the molecule is CS(C)(C)c1cccc2[nH]ccc12. The van der Waals surface area contributed by atoms with Crippen molar-refractivity contribution in [2.24, 2.45) is 0 Å². The minimum atomic E-state index is -0.619. The van der Waals surface area contributed by atoms with Crippen LogP contribution in [0.4, 0.5) is 0 Å². The molecule has 2 rings (SSSR count). The molecule has 1 N–H and O–H groups in total. The van der Waals surface area contributed by atoms with Gasteiger partial charge >= 0.3 is 0 Å². The zero-order valence-electron chi connectivity index (χ0n) is 8.29. The Morgan fingerprint density at radius 1 is 1.08 bits per heavy atom. The first-order valence-electron chi connectivity index (χ1n) is 4.33. The Bertz CT molecular complexity index is 423. The second-order valence-electron chi connectivity index (χ2n) is 4.03. The Hall–Kier alpha value is -0.890. The van der Waals surface area contributed by atoms with Gasteiger partial charge in [0, 0.05) is 17.1 Å². The van der Waals surface area contributed by atoms with E-state index in [1.165, 1.54) is 15.8 Å². The van der Waals surface area contributed by atoms with Gasteiger partial charge in [0.1, 0.15) is 0 Å². The molecule has 70 valence electrons. The largest absolute Gasteiger partial charge is 0.361 e. The zero-order valence-corrected chi connectivity index (χ0v) is 9.11. The van der Waals surface area contributed by atoms with Gasteiger partial charge in [-0.25, -0.2) is 10.0 Å². The predicted molar refractivity (Wildman–Crippen MR) is 61.9 cm³/mol. The molecule has 1 heterocycles. The lowest BCUT2D eigenvalue weighted by Crippen LogP contribution is -1.92. The van der Waals surface area contributed by atoms with Crippen molar-refractivity contribution in [3.63, 3.8) is 0 Å². The minimum absolute atomic E-state index is 0.619. The third-order valence-corrected chi connectivity index (χ3v) is 3.89. The van der Waals surface area contributed by atoms with Crippen LogP contribution in [-0.4, -0.2) is 23.8 Å². The average Bonchev–Trinajstić information content (AvgIpc) is 2.48. The predicted octanol–water partition coefficient (Wildman–Crippen LogP) is 3.22. The van der Waals surface area contributed by atoms with Crippen LogP contribution in [0.15, 0.2) is 35.4 Å². The van der Waals surface area contributed by atoms with Crippen LogP contribution in [0, 0.1) is 0 Å². The van der Waals surface area contributed by atoms with E-state index in [0.29, 0.717) is 0 Å². The zero-order chi connectivity index (χ0) is 9.47. The van der Waals surface area contributed by atoms with E-state index in [1.807, 2.05) is 6.20 Å². The lowest BCUT2D eigenvalue weighted by molar-refractivity contribution is 1.46. The molecule has 0 saturated heterocycles. The number of hydrogen-bond donors (Lipinski definition) is 1. The van der Waals surface area contributed by atoms with Crippen LogP contribution in [-0.2, 0) is 0 Å². The molecule has 0 saturated carbocycles. The number of hydrogen-bond acceptors (Lipinski definition) is 0. The molecule has 0 atom stereocenters. The third-order valence-electron chi connectivity index (χ3n) is 2.21. The van der Waals surface area contributed by atoms with Crippen LogP contribution >= 0.6 is 10.0 Å². The maximum Gasteiger partial charge on any atom is 0.0464 e. The van der Waals surface area contributed by atoms with Crippen LogP contribution in [0.3, 0.4) is 0 Å². The lowest BCUT2D eigenvalue weighted by Gasteiger charge is -2.26. The molecule has 1 aromatic carbocycles. The van der Waals surface area contributed by atoms with Gasteiger partial charge in [-0.15, -0.1) is 0 Å². The Labute approximate surface area is 80.5 Å². The summed E-state index contributed by atoms with van der Waals surface area (Å²) in [5, 5.41) is 1.38. The van der Waals surface area contributed by atoms with Crippen LogP contribution in [0.5, 0.6) is 0 Å². The Balaban J connectivity index is 2.75. The fraction of sp³-hybridized carbons (Fsp3) is 0.273. The van der Waals surface area contributed by atoms with Crippen LogP contribution < -0.4 is 0 Å². The van der Waals surface area contributed by atoms with Gasteiger partial charge in [-0.05, 0) is 41.9 Å². The highest BCUT2D eigenvalue weighted by Crippen LogP contribution is 2.48. The van der Waals surface area contributed by atoms with E-state index < -0.39 is 10.0 Å². The molecule has 2 heteroatoms. The Morgan fingerprint density at radius 2 is 1.85 bits per heavy atom. The first kappa shape index (κ1) is 8.70. The maximum absolute atomic E-state index is 3.25. The molecule has 0 aliphatic rings. The van der Waals surface area contributed by atoms with E-state index in [9.17, 15) is 0 Å². The second kappa shape index (κ2) is 2.81. The molecule has 0 radical (unpaired) electrons. The van der Waals surface area contributed by atoms with Crippen LogP contribution in [0.2, 0.25) is 0 Å². The fourth-order valence-electron chi connectivity index (χ4n) is 1.59.